The van der Waals surface area contributed by atoms with Gasteiger partial charge in [0.25, 0.3) is 0 Å². The van der Waals surface area contributed by atoms with Gasteiger partial charge in [-0.2, -0.15) is 0 Å². The van der Waals surface area contributed by atoms with Gasteiger partial charge in [-0.1, -0.05) is 39.0 Å². The number of hydrogen-bond acceptors (Lipinski definition) is 5. The number of aliphatic hydroxyl groups is 1. The topological polar surface area (TPSA) is 54.4 Å². The molecule has 0 saturated heterocycles. The first kappa shape index (κ1) is 18.6. The molecule has 0 bridgehead atoms. The lowest BCUT2D eigenvalue weighted by Gasteiger charge is -2.15. The molecule has 1 aromatic heterocycles. The van der Waals surface area contributed by atoms with Crippen molar-refractivity contribution in [2.45, 2.75) is 64.5 Å². The van der Waals surface area contributed by atoms with Gasteiger partial charge in [0.2, 0.25) is 0 Å². The molecule has 0 fully saturated rings. The summed E-state index contributed by atoms with van der Waals surface area (Å²) in [4.78, 5) is 4.25. The van der Waals surface area contributed by atoms with Crippen LogP contribution in [0.2, 0.25) is 0 Å². The Kier molecular flexibility index (Phi) is 10.7. The van der Waals surface area contributed by atoms with Gasteiger partial charge in [0.15, 0.2) is 0 Å². The Bertz CT molecular complexity index is 333. The maximum Gasteiger partial charge on any atom is 0.109 e. The van der Waals surface area contributed by atoms with Crippen LogP contribution in [0.15, 0.2) is 11.6 Å². The van der Waals surface area contributed by atoms with Gasteiger partial charge in [-0.25, -0.2) is 4.98 Å². The quantitative estimate of drug-likeness (QED) is 0.547. The molecule has 4 nitrogen and oxygen atoms in total. The Hall–Kier alpha value is -0.490. The minimum absolute atomic E-state index is 0.179. The summed E-state index contributed by atoms with van der Waals surface area (Å²) in [6, 6.07) is 0.179. The first-order valence-corrected chi connectivity index (χ1v) is 9.00. The summed E-state index contributed by atoms with van der Waals surface area (Å²) in [5.41, 5.74) is 0. The monoisotopic (exact) mass is 314 g/mol. The van der Waals surface area contributed by atoms with E-state index in [4.69, 9.17) is 4.74 Å². The molecule has 2 unspecified atom stereocenters. The normalized spacial score (nSPS) is 14.2. The predicted molar refractivity (Wildman–Crippen MR) is 88.7 cm³/mol. The number of rotatable bonds is 13. The van der Waals surface area contributed by atoms with Gasteiger partial charge in [0.05, 0.1) is 18.8 Å². The van der Waals surface area contributed by atoms with Crippen LogP contribution >= 0.6 is 11.3 Å². The zero-order chi connectivity index (χ0) is 15.3. The molecular formula is C16H30N2O2S. The molecule has 0 saturated carbocycles. The average Bonchev–Trinajstić information content (AvgIpc) is 3.02. The molecule has 21 heavy (non-hydrogen) atoms. The van der Waals surface area contributed by atoms with Crippen molar-refractivity contribution in [1.29, 1.82) is 0 Å². The maximum atomic E-state index is 9.86. The lowest BCUT2D eigenvalue weighted by atomic mass is 10.1. The molecule has 1 aromatic rings. The molecule has 2 atom stereocenters. The zero-order valence-electron chi connectivity index (χ0n) is 13.4. The highest BCUT2D eigenvalue weighted by Crippen LogP contribution is 2.14. The maximum absolute atomic E-state index is 9.86. The Morgan fingerprint density at radius 2 is 2.05 bits per heavy atom. The van der Waals surface area contributed by atoms with Crippen LogP contribution in [-0.4, -0.2) is 36.0 Å². The number of aromatic nitrogens is 1. The van der Waals surface area contributed by atoms with Crippen molar-refractivity contribution in [3.63, 3.8) is 0 Å². The van der Waals surface area contributed by atoms with E-state index in [0.717, 1.165) is 18.0 Å². The highest BCUT2D eigenvalue weighted by atomic mass is 32.1. The fourth-order valence-corrected chi connectivity index (χ4v) is 2.78. The number of nitrogens with one attached hydrogen (secondary N) is 1. The van der Waals surface area contributed by atoms with Crippen molar-refractivity contribution >= 4 is 11.3 Å². The van der Waals surface area contributed by atoms with Crippen LogP contribution < -0.4 is 5.32 Å². The number of aliphatic hydroxyl groups excluding tert-OH is 1. The molecular weight excluding hydrogens is 284 g/mol. The number of hydrogen-bond donors (Lipinski definition) is 2. The summed E-state index contributed by atoms with van der Waals surface area (Å²) >= 11 is 1.63. The molecule has 0 aliphatic rings. The Morgan fingerprint density at radius 1 is 1.29 bits per heavy atom. The molecule has 1 heterocycles. The van der Waals surface area contributed by atoms with Gasteiger partial charge in [-0.15, -0.1) is 11.3 Å². The van der Waals surface area contributed by atoms with E-state index in [2.05, 4.69) is 24.1 Å². The van der Waals surface area contributed by atoms with E-state index in [-0.39, 0.29) is 6.04 Å². The summed E-state index contributed by atoms with van der Waals surface area (Å²) in [5, 5.41) is 16.2. The largest absolute Gasteiger partial charge is 0.389 e. The second kappa shape index (κ2) is 12.1. The molecule has 0 spiro atoms. The van der Waals surface area contributed by atoms with E-state index >= 15 is 0 Å². The van der Waals surface area contributed by atoms with Crippen LogP contribution in [0.1, 0.15) is 63.4 Å². The first-order valence-electron chi connectivity index (χ1n) is 8.12. The smallest absolute Gasteiger partial charge is 0.109 e. The molecule has 0 radical (unpaired) electrons. The third kappa shape index (κ3) is 9.19. The summed E-state index contributed by atoms with van der Waals surface area (Å²) in [7, 11) is 0. The average molecular weight is 314 g/mol. The SMILES string of the molecule is CCCCCCCCOCC(O)CNC(C)c1nccs1. The molecule has 122 valence electrons. The highest BCUT2D eigenvalue weighted by molar-refractivity contribution is 7.09. The van der Waals surface area contributed by atoms with Crippen molar-refractivity contribution in [3.05, 3.63) is 16.6 Å². The zero-order valence-corrected chi connectivity index (χ0v) is 14.2. The summed E-state index contributed by atoms with van der Waals surface area (Å²) in [5.74, 6) is 0. The minimum atomic E-state index is -0.451. The van der Waals surface area contributed by atoms with Crippen LogP contribution in [-0.2, 0) is 4.74 Å². The minimum Gasteiger partial charge on any atom is -0.389 e. The van der Waals surface area contributed by atoms with Crippen LogP contribution in [0.25, 0.3) is 0 Å². The van der Waals surface area contributed by atoms with Crippen molar-refractivity contribution in [2.75, 3.05) is 19.8 Å². The van der Waals surface area contributed by atoms with E-state index in [1.165, 1.54) is 32.1 Å². The highest BCUT2D eigenvalue weighted by Gasteiger charge is 2.10. The van der Waals surface area contributed by atoms with Gasteiger partial charge in [0.1, 0.15) is 5.01 Å². The van der Waals surface area contributed by atoms with Crippen LogP contribution in [0.3, 0.4) is 0 Å². The van der Waals surface area contributed by atoms with Crippen molar-refractivity contribution in [1.82, 2.24) is 10.3 Å². The van der Waals surface area contributed by atoms with Gasteiger partial charge in [-0.05, 0) is 13.3 Å². The molecule has 0 aliphatic carbocycles. The van der Waals surface area contributed by atoms with E-state index < -0.39 is 6.10 Å². The van der Waals surface area contributed by atoms with Crippen molar-refractivity contribution in [2.24, 2.45) is 0 Å². The molecule has 1 rings (SSSR count). The van der Waals surface area contributed by atoms with Crippen LogP contribution in [0.4, 0.5) is 0 Å². The van der Waals surface area contributed by atoms with Gasteiger partial charge in [0, 0.05) is 24.7 Å². The van der Waals surface area contributed by atoms with Gasteiger partial charge >= 0.3 is 0 Å². The van der Waals surface area contributed by atoms with Crippen molar-refractivity contribution < 1.29 is 9.84 Å². The lowest BCUT2D eigenvalue weighted by molar-refractivity contribution is 0.0343. The lowest BCUT2D eigenvalue weighted by Crippen LogP contribution is -2.32. The van der Waals surface area contributed by atoms with Gasteiger partial charge < -0.3 is 15.2 Å². The molecule has 0 aliphatic heterocycles. The Morgan fingerprint density at radius 3 is 2.76 bits per heavy atom. The second-order valence-corrected chi connectivity index (χ2v) is 6.42. The third-order valence-corrected chi connectivity index (χ3v) is 4.39. The molecule has 2 N–H and O–H groups in total. The summed E-state index contributed by atoms with van der Waals surface area (Å²) in [6.07, 6.45) is 8.93. The third-order valence-electron chi connectivity index (χ3n) is 3.43. The van der Waals surface area contributed by atoms with E-state index in [1.54, 1.807) is 17.5 Å². The van der Waals surface area contributed by atoms with Crippen LogP contribution in [0, 0.1) is 0 Å². The van der Waals surface area contributed by atoms with Crippen LogP contribution in [0.5, 0.6) is 0 Å². The number of nitrogens with zero attached hydrogens (tertiary/aromatic N) is 1. The Labute approximate surface area is 132 Å². The second-order valence-electron chi connectivity index (χ2n) is 5.50. The van der Waals surface area contributed by atoms with E-state index in [0.29, 0.717) is 13.2 Å². The standard InChI is InChI=1S/C16H30N2O2S/c1-3-4-5-6-7-8-10-20-13-15(19)12-18-14(2)16-17-9-11-21-16/h9,11,14-15,18-19H,3-8,10,12-13H2,1-2H3. The first-order chi connectivity index (χ1) is 10.2. The molecule has 0 aromatic carbocycles. The fraction of sp³-hybridized carbons (Fsp3) is 0.812. The number of ether oxygens (including phenoxy) is 1. The van der Waals surface area contributed by atoms with E-state index in [1.807, 2.05) is 5.38 Å². The molecule has 0 amide bonds. The molecule has 5 heteroatoms. The Balaban J connectivity index is 1.93. The van der Waals surface area contributed by atoms with E-state index in [9.17, 15) is 5.11 Å². The fourth-order valence-electron chi connectivity index (χ4n) is 2.11. The van der Waals surface area contributed by atoms with Crippen molar-refractivity contribution in [3.8, 4) is 0 Å². The summed E-state index contributed by atoms with van der Waals surface area (Å²) < 4.78 is 5.52. The predicted octanol–water partition coefficient (Wildman–Crippen LogP) is 3.53. The number of thiazole rings is 1. The number of unbranched alkanes of at least 4 members (excludes halogenated alkanes) is 5. The summed E-state index contributed by atoms with van der Waals surface area (Å²) in [6.45, 7) is 5.99. The van der Waals surface area contributed by atoms with Gasteiger partial charge in [-0.3, -0.25) is 0 Å².